The molecule has 21 heavy (non-hydrogen) atoms. The van der Waals surface area contributed by atoms with Crippen molar-refractivity contribution in [3.63, 3.8) is 0 Å². The summed E-state index contributed by atoms with van der Waals surface area (Å²) in [5, 5.41) is 3.32. The minimum atomic E-state index is 0.386. The van der Waals surface area contributed by atoms with Gasteiger partial charge in [0.15, 0.2) is 0 Å². The molecule has 0 spiro atoms. The van der Waals surface area contributed by atoms with Gasteiger partial charge in [0.25, 0.3) is 0 Å². The summed E-state index contributed by atoms with van der Waals surface area (Å²) in [6.45, 7) is 3.44. The van der Waals surface area contributed by atoms with Gasteiger partial charge in [0, 0.05) is 28.8 Å². The van der Waals surface area contributed by atoms with E-state index in [1.807, 2.05) is 7.05 Å². The van der Waals surface area contributed by atoms with Crippen molar-refractivity contribution >= 4 is 21.6 Å². The van der Waals surface area contributed by atoms with Crippen molar-refractivity contribution in [1.82, 2.24) is 5.32 Å². The van der Waals surface area contributed by atoms with Crippen LogP contribution in [0.25, 0.3) is 0 Å². The van der Waals surface area contributed by atoms with Gasteiger partial charge in [0.1, 0.15) is 0 Å². The van der Waals surface area contributed by atoms with E-state index in [2.05, 4.69) is 51.3 Å². The minimum Gasteiger partial charge on any atom is -0.368 e. The third kappa shape index (κ3) is 3.14. The molecule has 1 aromatic rings. The number of hydrogen-bond acceptors (Lipinski definition) is 2. The molecule has 1 heterocycles. The van der Waals surface area contributed by atoms with Crippen LogP contribution in [0.4, 0.5) is 5.69 Å². The standard InChI is InChI=1S/C18H27BrN2/c1-13(20-2)16-10-9-15(12-17(16)19)21-11-5-7-14-6-3-4-8-18(14)21/h9-10,12-14,18,20H,3-8,11H2,1-2H3/t13?,14-,18-/m1/s1. The summed E-state index contributed by atoms with van der Waals surface area (Å²) in [4.78, 5) is 2.69. The predicted octanol–water partition coefficient (Wildman–Crippen LogP) is 4.89. The molecule has 2 fully saturated rings. The van der Waals surface area contributed by atoms with Gasteiger partial charge in [-0.25, -0.2) is 0 Å². The molecule has 1 aliphatic heterocycles. The fraction of sp³-hybridized carbons (Fsp3) is 0.667. The highest BCUT2D eigenvalue weighted by Crippen LogP contribution is 2.39. The zero-order valence-electron chi connectivity index (χ0n) is 13.2. The van der Waals surface area contributed by atoms with Gasteiger partial charge in [0.2, 0.25) is 0 Å². The third-order valence-electron chi connectivity index (χ3n) is 5.46. The van der Waals surface area contributed by atoms with Crippen molar-refractivity contribution in [1.29, 1.82) is 0 Å². The van der Waals surface area contributed by atoms with Gasteiger partial charge in [-0.3, -0.25) is 0 Å². The summed E-state index contributed by atoms with van der Waals surface area (Å²) in [6, 6.07) is 8.11. The molecule has 3 heteroatoms. The van der Waals surface area contributed by atoms with Crippen molar-refractivity contribution in [3.05, 3.63) is 28.2 Å². The molecule has 1 N–H and O–H groups in total. The molecule has 1 saturated carbocycles. The Morgan fingerprint density at radius 3 is 2.71 bits per heavy atom. The molecule has 1 unspecified atom stereocenters. The molecule has 0 amide bonds. The van der Waals surface area contributed by atoms with Crippen molar-refractivity contribution in [2.75, 3.05) is 18.5 Å². The number of anilines is 1. The van der Waals surface area contributed by atoms with E-state index in [0.29, 0.717) is 6.04 Å². The van der Waals surface area contributed by atoms with E-state index >= 15 is 0 Å². The Morgan fingerprint density at radius 2 is 1.95 bits per heavy atom. The lowest BCUT2D eigenvalue weighted by Crippen LogP contribution is -2.46. The SMILES string of the molecule is CNC(C)c1ccc(N2CCC[C@H]3CCCC[C@H]32)cc1Br. The maximum atomic E-state index is 3.78. The Labute approximate surface area is 137 Å². The van der Waals surface area contributed by atoms with Gasteiger partial charge in [-0.05, 0) is 63.3 Å². The van der Waals surface area contributed by atoms with E-state index in [-0.39, 0.29) is 0 Å². The van der Waals surface area contributed by atoms with E-state index in [9.17, 15) is 0 Å². The highest BCUT2D eigenvalue weighted by atomic mass is 79.9. The van der Waals surface area contributed by atoms with Crippen LogP contribution in [0.3, 0.4) is 0 Å². The van der Waals surface area contributed by atoms with E-state index in [1.165, 1.54) is 60.8 Å². The molecular weight excluding hydrogens is 324 g/mol. The number of nitrogens with zero attached hydrogens (tertiary/aromatic N) is 1. The van der Waals surface area contributed by atoms with Gasteiger partial charge < -0.3 is 10.2 Å². The smallest absolute Gasteiger partial charge is 0.0380 e. The number of hydrogen-bond donors (Lipinski definition) is 1. The second-order valence-corrected chi connectivity index (χ2v) is 7.52. The molecule has 116 valence electrons. The summed E-state index contributed by atoms with van der Waals surface area (Å²) in [7, 11) is 2.02. The van der Waals surface area contributed by atoms with E-state index in [1.54, 1.807) is 0 Å². The maximum Gasteiger partial charge on any atom is 0.0380 e. The van der Waals surface area contributed by atoms with Crippen molar-refractivity contribution < 1.29 is 0 Å². The average Bonchev–Trinajstić information content (AvgIpc) is 2.53. The number of benzene rings is 1. The lowest BCUT2D eigenvalue weighted by atomic mass is 9.78. The Morgan fingerprint density at radius 1 is 1.19 bits per heavy atom. The van der Waals surface area contributed by atoms with Crippen LogP contribution in [-0.2, 0) is 0 Å². The van der Waals surface area contributed by atoms with Crippen LogP contribution in [0, 0.1) is 5.92 Å². The fourth-order valence-corrected chi connectivity index (χ4v) is 4.86. The van der Waals surface area contributed by atoms with Gasteiger partial charge in [0.05, 0.1) is 0 Å². The first-order chi connectivity index (χ1) is 10.2. The fourth-order valence-electron chi connectivity index (χ4n) is 4.15. The van der Waals surface area contributed by atoms with Gasteiger partial charge in [-0.15, -0.1) is 0 Å². The summed E-state index contributed by atoms with van der Waals surface area (Å²) in [6.07, 6.45) is 8.48. The number of halogens is 1. The lowest BCUT2D eigenvalue weighted by Gasteiger charge is -2.45. The minimum absolute atomic E-state index is 0.386. The summed E-state index contributed by atoms with van der Waals surface area (Å²) in [5.74, 6) is 0.933. The molecule has 0 aromatic heterocycles. The Bertz CT molecular complexity index is 486. The van der Waals surface area contributed by atoms with Crippen LogP contribution >= 0.6 is 15.9 Å². The van der Waals surface area contributed by atoms with Gasteiger partial charge >= 0.3 is 0 Å². The molecule has 3 atom stereocenters. The molecular formula is C18H27BrN2. The molecule has 1 aliphatic carbocycles. The zero-order valence-corrected chi connectivity index (χ0v) is 14.8. The predicted molar refractivity (Wildman–Crippen MR) is 93.9 cm³/mol. The number of fused-ring (bicyclic) bond motifs is 1. The molecule has 3 rings (SSSR count). The molecule has 2 nitrogen and oxygen atoms in total. The second-order valence-electron chi connectivity index (χ2n) is 6.66. The van der Waals surface area contributed by atoms with Gasteiger partial charge in [-0.2, -0.15) is 0 Å². The van der Waals surface area contributed by atoms with Gasteiger partial charge in [-0.1, -0.05) is 34.8 Å². The van der Waals surface area contributed by atoms with Crippen molar-refractivity contribution in [2.45, 2.75) is 57.5 Å². The first-order valence-electron chi connectivity index (χ1n) is 8.44. The highest BCUT2D eigenvalue weighted by Gasteiger charge is 2.33. The van der Waals surface area contributed by atoms with E-state index in [0.717, 1.165) is 12.0 Å². The highest BCUT2D eigenvalue weighted by molar-refractivity contribution is 9.10. The second kappa shape index (κ2) is 6.70. The van der Waals surface area contributed by atoms with Crippen molar-refractivity contribution in [3.8, 4) is 0 Å². The van der Waals surface area contributed by atoms with E-state index in [4.69, 9.17) is 0 Å². The van der Waals surface area contributed by atoms with Crippen LogP contribution in [0.15, 0.2) is 22.7 Å². The Balaban J connectivity index is 1.84. The summed E-state index contributed by atoms with van der Waals surface area (Å²) < 4.78 is 1.24. The zero-order chi connectivity index (χ0) is 14.8. The number of nitrogens with one attached hydrogen (secondary N) is 1. The van der Waals surface area contributed by atoms with Crippen LogP contribution in [0.2, 0.25) is 0 Å². The largest absolute Gasteiger partial charge is 0.368 e. The first kappa shape index (κ1) is 15.4. The molecule has 0 radical (unpaired) electrons. The quantitative estimate of drug-likeness (QED) is 0.834. The maximum absolute atomic E-state index is 3.78. The average molecular weight is 351 g/mol. The molecule has 2 aliphatic rings. The van der Waals surface area contributed by atoms with Crippen LogP contribution in [-0.4, -0.2) is 19.6 Å². The molecule has 1 aromatic carbocycles. The van der Waals surface area contributed by atoms with Crippen LogP contribution in [0.5, 0.6) is 0 Å². The van der Waals surface area contributed by atoms with Crippen LogP contribution in [0.1, 0.15) is 57.1 Å². The number of rotatable bonds is 3. The monoisotopic (exact) mass is 350 g/mol. The van der Waals surface area contributed by atoms with E-state index < -0.39 is 0 Å². The molecule has 0 bridgehead atoms. The number of piperidine rings is 1. The Kier molecular flexibility index (Phi) is 4.90. The topological polar surface area (TPSA) is 15.3 Å². The normalized spacial score (nSPS) is 27.3. The third-order valence-corrected chi connectivity index (χ3v) is 6.15. The summed E-state index contributed by atoms with van der Waals surface area (Å²) in [5.41, 5.74) is 2.75. The van der Waals surface area contributed by atoms with Crippen LogP contribution < -0.4 is 10.2 Å². The lowest BCUT2D eigenvalue weighted by molar-refractivity contribution is 0.244. The first-order valence-corrected chi connectivity index (χ1v) is 9.23. The summed E-state index contributed by atoms with van der Waals surface area (Å²) >= 11 is 3.78. The molecule has 1 saturated heterocycles. The Hall–Kier alpha value is -0.540. The van der Waals surface area contributed by atoms with Crippen molar-refractivity contribution in [2.24, 2.45) is 5.92 Å².